The van der Waals surface area contributed by atoms with Gasteiger partial charge in [-0.2, -0.15) is 13.2 Å². The van der Waals surface area contributed by atoms with Crippen LogP contribution in [0.4, 0.5) is 17.6 Å². The number of nitrogens with zero attached hydrogens (tertiary/aromatic N) is 2. The number of nitrogens with one attached hydrogen (secondary N) is 1. The van der Waals surface area contributed by atoms with Gasteiger partial charge in [0.2, 0.25) is 15.9 Å². The number of rotatable bonds is 7. The van der Waals surface area contributed by atoms with Crippen molar-refractivity contribution in [1.29, 1.82) is 0 Å². The number of halogens is 4. The number of carbonyl (C=O) groups excluding carboxylic acids is 1. The van der Waals surface area contributed by atoms with Gasteiger partial charge in [-0.25, -0.2) is 22.3 Å². The van der Waals surface area contributed by atoms with Gasteiger partial charge in [-0.1, -0.05) is 26.0 Å². The summed E-state index contributed by atoms with van der Waals surface area (Å²) >= 11 is 0. The smallest absolute Gasteiger partial charge is 0.475 e. The topological polar surface area (TPSA) is 107 Å². The first-order valence-electron chi connectivity index (χ1n) is 12.5. The number of hydrogen-bond donors (Lipinski definition) is 2. The van der Waals surface area contributed by atoms with Crippen molar-refractivity contribution in [3.63, 3.8) is 0 Å². The van der Waals surface area contributed by atoms with Crippen LogP contribution in [0, 0.1) is 17.2 Å². The van der Waals surface area contributed by atoms with Gasteiger partial charge in [-0.05, 0) is 67.8 Å². The van der Waals surface area contributed by atoms with Gasteiger partial charge in [-0.15, -0.1) is 0 Å². The van der Waals surface area contributed by atoms with Crippen molar-refractivity contribution < 1.29 is 40.7 Å². The van der Waals surface area contributed by atoms with E-state index >= 15 is 0 Å². The highest BCUT2D eigenvalue weighted by Crippen LogP contribution is 2.44. The van der Waals surface area contributed by atoms with Crippen LogP contribution in [-0.4, -0.2) is 86.4 Å². The predicted molar refractivity (Wildman–Crippen MR) is 134 cm³/mol. The second-order valence-electron chi connectivity index (χ2n) is 10.5. The monoisotopic (exact) mass is 567 g/mol. The SMILES string of the molecule is CC(C)CN1CCC2(CCCN(C(=O)Cc3cccc(F)c3)C2CNS(C)(=O)=O)CC1.O=C(O)C(F)(F)F. The van der Waals surface area contributed by atoms with Gasteiger partial charge in [0.15, 0.2) is 0 Å². The molecule has 2 heterocycles. The maximum atomic E-state index is 13.6. The van der Waals surface area contributed by atoms with E-state index in [0.717, 1.165) is 51.6 Å². The Kier molecular flexibility index (Phi) is 11.1. The first kappa shape index (κ1) is 32.0. The Bertz CT molecular complexity index is 1060. The molecule has 1 aromatic carbocycles. The fraction of sp³-hybridized carbons (Fsp3) is 0.680. The minimum atomic E-state index is -5.08. The van der Waals surface area contributed by atoms with Crippen LogP contribution in [0.15, 0.2) is 24.3 Å². The molecule has 0 aromatic heterocycles. The number of sulfonamides is 1. The number of hydrogen-bond acceptors (Lipinski definition) is 5. The first-order valence-corrected chi connectivity index (χ1v) is 14.4. The second kappa shape index (κ2) is 13.2. The third-order valence-corrected chi connectivity index (χ3v) is 7.67. The molecule has 1 atom stereocenters. The molecule has 2 N–H and O–H groups in total. The number of benzene rings is 1. The third kappa shape index (κ3) is 9.81. The van der Waals surface area contributed by atoms with Crippen molar-refractivity contribution in [2.24, 2.45) is 11.3 Å². The standard InChI is InChI=1S/C23H36FN3O3S.C2HF3O2/c1-18(2)17-26-12-9-23(10-13-26)8-5-11-27(21(23)16-25-31(3,29)30)22(28)15-19-6-4-7-20(24)14-19;3-2(4,5)1(6)7/h4,6-7,14,18,21,25H,5,8-13,15-17H2,1-3H3;(H,6,7). The Hall–Kier alpha value is -2.25. The molecule has 3 rings (SSSR count). The molecule has 1 unspecified atom stereocenters. The van der Waals surface area contributed by atoms with E-state index in [1.54, 1.807) is 12.1 Å². The maximum Gasteiger partial charge on any atom is 0.490 e. The summed E-state index contributed by atoms with van der Waals surface area (Å²) in [5.41, 5.74) is 0.562. The van der Waals surface area contributed by atoms with Crippen LogP contribution in [-0.2, 0) is 26.0 Å². The number of alkyl halides is 3. The largest absolute Gasteiger partial charge is 0.490 e. The number of carbonyl (C=O) groups is 2. The summed E-state index contributed by atoms with van der Waals surface area (Å²) in [4.78, 5) is 26.5. The Morgan fingerprint density at radius 3 is 2.26 bits per heavy atom. The van der Waals surface area contributed by atoms with E-state index in [1.165, 1.54) is 12.1 Å². The van der Waals surface area contributed by atoms with Crippen LogP contribution in [0.1, 0.15) is 45.1 Å². The molecule has 2 aliphatic heterocycles. The van der Waals surface area contributed by atoms with Gasteiger partial charge in [0, 0.05) is 19.6 Å². The molecule has 2 fully saturated rings. The summed E-state index contributed by atoms with van der Waals surface area (Å²) in [5, 5.41) is 7.12. The van der Waals surface area contributed by atoms with Crippen LogP contribution in [0.2, 0.25) is 0 Å². The lowest BCUT2D eigenvalue weighted by Gasteiger charge is -2.54. The van der Waals surface area contributed by atoms with E-state index in [1.807, 2.05) is 4.90 Å². The van der Waals surface area contributed by atoms with Crippen LogP contribution in [0.3, 0.4) is 0 Å². The lowest BCUT2D eigenvalue weighted by atomic mass is 9.66. The molecule has 0 bridgehead atoms. The van der Waals surface area contributed by atoms with E-state index < -0.39 is 22.2 Å². The Balaban J connectivity index is 0.000000638. The number of likely N-dealkylation sites (tertiary alicyclic amines) is 2. The fourth-order valence-corrected chi connectivity index (χ4v) is 5.77. The molecule has 2 saturated heterocycles. The fourth-order valence-electron chi connectivity index (χ4n) is 5.31. The van der Waals surface area contributed by atoms with Crippen molar-refractivity contribution in [3.8, 4) is 0 Å². The summed E-state index contributed by atoms with van der Waals surface area (Å²) < 4.78 is 71.7. The lowest BCUT2D eigenvalue weighted by Crippen LogP contribution is -2.61. The molecular weight excluding hydrogens is 530 g/mol. The highest BCUT2D eigenvalue weighted by atomic mass is 32.2. The summed E-state index contributed by atoms with van der Waals surface area (Å²) in [6, 6.07) is 5.95. The van der Waals surface area contributed by atoms with Gasteiger partial charge >= 0.3 is 12.1 Å². The summed E-state index contributed by atoms with van der Waals surface area (Å²) in [6.45, 7) is 8.29. The molecule has 2 aliphatic rings. The van der Waals surface area contributed by atoms with Gasteiger partial charge in [0.1, 0.15) is 5.82 Å². The average Bonchev–Trinajstić information content (AvgIpc) is 2.78. The molecule has 216 valence electrons. The summed E-state index contributed by atoms with van der Waals surface area (Å²) in [7, 11) is -3.37. The van der Waals surface area contributed by atoms with Crippen molar-refractivity contribution in [2.45, 2.75) is 58.2 Å². The summed E-state index contributed by atoms with van der Waals surface area (Å²) in [6.07, 6.45) is 0.0330. The predicted octanol–water partition coefficient (Wildman–Crippen LogP) is 3.28. The van der Waals surface area contributed by atoms with Gasteiger partial charge < -0.3 is 14.9 Å². The number of carboxylic acid groups (broad SMARTS) is 1. The van der Waals surface area contributed by atoms with Crippen molar-refractivity contribution >= 4 is 21.9 Å². The van der Waals surface area contributed by atoms with Crippen LogP contribution in [0.25, 0.3) is 0 Å². The lowest BCUT2D eigenvalue weighted by molar-refractivity contribution is -0.192. The number of aliphatic carboxylic acids is 1. The maximum absolute atomic E-state index is 13.6. The number of amides is 1. The van der Waals surface area contributed by atoms with Gasteiger partial charge in [0.05, 0.1) is 18.7 Å². The number of piperidine rings is 2. The van der Waals surface area contributed by atoms with Crippen molar-refractivity contribution in [1.82, 2.24) is 14.5 Å². The molecule has 1 amide bonds. The van der Waals surface area contributed by atoms with E-state index in [9.17, 15) is 30.8 Å². The van der Waals surface area contributed by atoms with Crippen molar-refractivity contribution in [3.05, 3.63) is 35.6 Å². The average molecular weight is 568 g/mol. The highest BCUT2D eigenvalue weighted by molar-refractivity contribution is 7.88. The second-order valence-corrected chi connectivity index (χ2v) is 12.3. The summed E-state index contributed by atoms with van der Waals surface area (Å²) in [5.74, 6) is -2.57. The quantitative estimate of drug-likeness (QED) is 0.490. The molecule has 13 heteroatoms. The van der Waals surface area contributed by atoms with E-state index in [0.29, 0.717) is 18.0 Å². The zero-order chi connectivity index (χ0) is 28.7. The van der Waals surface area contributed by atoms with E-state index in [2.05, 4.69) is 23.5 Å². The Morgan fingerprint density at radius 2 is 1.76 bits per heavy atom. The highest BCUT2D eigenvalue weighted by Gasteiger charge is 2.47. The van der Waals surface area contributed by atoms with Crippen molar-refractivity contribution in [2.75, 3.05) is 39.0 Å². The molecule has 38 heavy (non-hydrogen) atoms. The minimum absolute atomic E-state index is 0.0606. The Morgan fingerprint density at radius 1 is 1.16 bits per heavy atom. The van der Waals surface area contributed by atoms with Crippen LogP contribution >= 0.6 is 0 Å². The van der Waals surface area contributed by atoms with Gasteiger partial charge in [0.25, 0.3) is 0 Å². The molecule has 0 aliphatic carbocycles. The zero-order valence-corrected chi connectivity index (χ0v) is 22.7. The zero-order valence-electron chi connectivity index (χ0n) is 21.9. The van der Waals surface area contributed by atoms with Crippen LogP contribution in [0.5, 0.6) is 0 Å². The van der Waals surface area contributed by atoms with Gasteiger partial charge in [-0.3, -0.25) is 4.79 Å². The molecular formula is C25H37F4N3O5S. The molecule has 0 radical (unpaired) electrons. The minimum Gasteiger partial charge on any atom is -0.475 e. The van der Waals surface area contributed by atoms with E-state index in [-0.39, 0.29) is 36.1 Å². The molecule has 8 nitrogen and oxygen atoms in total. The Labute approximate surface area is 221 Å². The molecule has 1 spiro atoms. The normalized spacial score (nSPS) is 20.2. The van der Waals surface area contributed by atoms with E-state index in [4.69, 9.17) is 9.90 Å². The van der Waals surface area contributed by atoms with Crippen LogP contribution < -0.4 is 4.72 Å². The number of carboxylic acids is 1. The molecule has 0 saturated carbocycles. The first-order chi connectivity index (χ1) is 17.5. The molecule has 1 aromatic rings. The third-order valence-electron chi connectivity index (χ3n) is 6.98.